The summed E-state index contributed by atoms with van der Waals surface area (Å²) in [6.45, 7) is 3.15. The number of carbonyl (C=O) groups excluding carboxylic acids is 2. The molecule has 0 aromatic heterocycles. The van der Waals surface area contributed by atoms with Crippen LogP contribution < -0.4 is 0 Å². The number of aliphatic carboxylic acids is 1. The summed E-state index contributed by atoms with van der Waals surface area (Å²) in [5, 5.41) is 8.85. The highest BCUT2D eigenvalue weighted by atomic mass is 31.2. The first-order valence-electron chi connectivity index (χ1n) is 6.85. The zero-order chi connectivity index (χ0) is 19.0. The SMILES string of the molecule is CCOC(=O)CC(C)(C)CN(CC(=O)O)C(=O)OCOP(=O)(O)O.[HH].[HH].[HH]. The van der Waals surface area contributed by atoms with Gasteiger partial charge in [-0.15, -0.1) is 0 Å². The lowest BCUT2D eigenvalue weighted by atomic mass is 9.89. The number of amides is 1. The number of phosphoric acid groups is 1. The molecule has 11 nitrogen and oxygen atoms in total. The van der Waals surface area contributed by atoms with Crippen LogP contribution in [0.5, 0.6) is 0 Å². The average molecular weight is 377 g/mol. The van der Waals surface area contributed by atoms with E-state index in [9.17, 15) is 18.9 Å². The maximum Gasteiger partial charge on any atom is 0.472 e. The van der Waals surface area contributed by atoms with Gasteiger partial charge in [-0.2, -0.15) is 0 Å². The number of hydrogen-bond donors (Lipinski definition) is 3. The Balaban J connectivity index is -0.000000882. The summed E-state index contributed by atoms with van der Waals surface area (Å²) >= 11 is 0. The molecule has 0 aromatic carbocycles. The van der Waals surface area contributed by atoms with Gasteiger partial charge in [0.05, 0.1) is 13.0 Å². The van der Waals surface area contributed by atoms with Gasteiger partial charge < -0.3 is 24.4 Å². The molecule has 0 bridgehead atoms. The van der Waals surface area contributed by atoms with Crippen molar-refractivity contribution in [2.45, 2.75) is 27.2 Å². The summed E-state index contributed by atoms with van der Waals surface area (Å²) in [4.78, 5) is 52.0. The van der Waals surface area contributed by atoms with Gasteiger partial charge in [0, 0.05) is 10.8 Å². The zero-order valence-corrected chi connectivity index (χ0v) is 14.5. The van der Waals surface area contributed by atoms with E-state index < -0.39 is 44.6 Å². The fraction of sp³-hybridized carbons (Fsp3) is 0.750. The summed E-state index contributed by atoms with van der Waals surface area (Å²) in [7, 11) is -4.82. The molecule has 0 aromatic rings. The Morgan fingerprint density at radius 1 is 1.21 bits per heavy atom. The number of nitrogens with zero attached hydrogens (tertiary/aromatic N) is 1. The third-order valence-corrected chi connectivity index (χ3v) is 2.98. The molecule has 146 valence electrons. The summed E-state index contributed by atoms with van der Waals surface area (Å²) in [5.74, 6) is -1.83. The van der Waals surface area contributed by atoms with Gasteiger partial charge in [-0.05, 0) is 12.3 Å². The Morgan fingerprint density at radius 2 is 1.79 bits per heavy atom. The van der Waals surface area contributed by atoms with Crippen LogP contribution >= 0.6 is 7.82 Å². The molecular formula is C12H28NO10P. The van der Waals surface area contributed by atoms with E-state index in [1.54, 1.807) is 20.8 Å². The van der Waals surface area contributed by atoms with E-state index in [4.69, 9.17) is 19.6 Å². The standard InChI is InChI=1S/C12H22NO10P.3H2/c1-4-21-10(16)5-12(2,3)7-13(6-9(14)15)11(17)22-8-23-24(18,19)20;;;/h4-8H2,1-3H3,(H,14,15)(H2,18,19,20);3*1H. The van der Waals surface area contributed by atoms with Gasteiger partial charge in [0.2, 0.25) is 6.79 Å². The van der Waals surface area contributed by atoms with Crippen molar-refractivity contribution in [1.82, 2.24) is 4.90 Å². The van der Waals surface area contributed by atoms with Crippen LogP contribution in [-0.2, 0) is 28.2 Å². The molecule has 1 amide bonds. The third kappa shape index (κ3) is 10.9. The van der Waals surface area contributed by atoms with Crippen LogP contribution in [0.4, 0.5) is 4.79 Å². The topological polar surface area (TPSA) is 160 Å². The number of ether oxygens (including phenoxy) is 2. The highest BCUT2D eigenvalue weighted by Gasteiger charge is 2.30. The monoisotopic (exact) mass is 377 g/mol. The molecule has 0 aliphatic heterocycles. The summed E-state index contributed by atoms with van der Waals surface area (Å²) in [6.07, 6.45) is -1.22. The highest BCUT2D eigenvalue weighted by molar-refractivity contribution is 7.46. The normalized spacial score (nSPS) is 11.7. The van der Waals surface area contributed by atoms with Crippen LogP contribution in [0, 0.1) is 5.41 Å². The van der Waals surface area contributed by atoms with E-state index in [0.717, 1.165) is 4.90 Å². The Labute approximate surface area is 143 Å². The molecule has 0 saturated heterocycles. The summed E-state index contributed by atoms with van der Waals surface area (Å²) in [6, 6.07) is 0. The minimum atomic E-state index is -4.82. The van der Waals surface area contributed by atoms with Crippen molar-refractivity contribution in [2.75, 3.05) is 26.5 Å². The highest BCUT2D eigenvalue weighted by Crippen LogP contribution is 2.35. The predicted molar refractivity (Wildman–Crippen MR) is 85.1 cm³/mol. The second kappa shape index (κ2) is 9.58. The van der Waals surface area contributed by atoms with Crippen molar-refractivity contribution in [3.8, 4) is 0 Å². The second-order valence-electron chi connectivity index (χ2n) is 5.54. The first kappa shape index (κ1) is 22.3. The molecule has 0 fully saturated rings. The van der Waals surface area contributed by atoms with Gasteiger partial charge in [-0.1, -0.05) is 13.8 Å². The molecule has 0 aliphatic rings. The maximum atomic E-state index is 11.8. The smallest absolute Gasteiger partial charge is 0.472 e. The van der Waals surface area contributed by atoms with Crippen molar-refractivity contribution in [2.24, 2.45) is 5.41 Å². The molecule has 0 atom stereocenters. The third-order valence-electron chi connectivity index (χ3n) is 2.53. The van der Waals surface area contributed by atoms with E-state index >= 15 is 0 Å². The molecule has 0 spiro atoms. The number of hydrogen-bond acceptors (Lipinski definition) is 7. The lowest BCUT2D eigenvalue weighted by molar-refractivity contribution is -0.145. The molecule has 0 unspecified atom stereocenters. The lowest BCUT2D eigenvalue weighted by Crippen LogP contribution is -2.43. The van der Waals surface area contributed by atoms with Crippen molar-refractivity contribution >= 4 is 25.9 Å². The van der Waals surface area contributed by atoms with Crippen LogP contribution in [0.3, 0.4) is 0 Å². The van der Waals surface area contributed by atoms with Gasteiger partial charge in [-0.3, -0.25) is 14.5 Å². The molecule has 3 N–H and O–H groups in total. The molecular weight excluding hydrogens is 349 g/mol. The van der Waals surface area contributed by atoms with E-state index in [2.05, 4.69) is 9.26 Å². The van der Waals surface area contributed by atoms with E-state index in [1.807, 2.05) is 0 Å². The van der Waals surface area contributed by atoms with Crippen molar-refractivity contribution in [1.29, 1.82) is 0 Å². The van der Waals surface area contributed by atoms with Crippen molar-refractivity contribution in [3.05, 3.63) is 0 Å². The number of carboxylic acids is 1. The molecule has 0 aliphatic carbocycles. The summed E-state index contributed by atoms with van der Waals surface area (Å²) < 4.78 is 23.7. The van der Waals surface area contributed by atoms with E-state index in [1.165, 1.54) is 0 Å². The molecule has 0 saturated carbocycles. The van der Waals surface area contributed by atoms with Crippen LogP contribution in [0.25, 0.3) is 0 Å². The molecule has 0 rings (SSSR count). The first-order valence-corrected chi connectivity index (χ1v) is 8.38. The first-order chi connectivity index (χ1) is 10.9. The second-order valence-corrected chi connectivity index (χ2v) is 6.78. The minimum absolute atomic E-state index is 0. The number of esters is 1. The Morgan fingerprint density at radius 3 is 2.25 bits per heavy atom. The largest absolute Gasteiger partial charge is 0.480 e. The molecule has 12 heteroatoms. The predicted octanol–water partition coefficient (Wildman–Crippen LogP) is 1.29. The van der Waals surface area contributed by atoms with Crippen molar-refractivity contribution in [3.63, 3.8) is 0 Å². The average Bonchev–Trinajstić information content (AvgIpc) is 2.34. The van der Waals surface area contributed by atoms with Crippen LogP contribution in [0.1, 0.15) is 31.5 Å². The fourth-order valence-electron chi connectivity index (χ4n) is 1.76. The Kier molecular flexibility index (Phi) is 8.91. The van der Waals surface area contributed by atoms with Crippen molar-refractivity contribution < 1.29 is 52.1 Å². The number of carboxylic acid groups (broad SMARTS) is 1. The van der Waals surface area contributed by atoms with Gasteiger partial charge in [0.25, 0.3) is 0 Å². The van der Waals surface area contributed by atoms with E-state index in [0.29, 0.717) is 0 Å². The number of carbonyl (C=O) groups is 3. The van der Waals surface area contributed by atoms with Gasteiger partial charge in [0.15, 0.2) is 0 Å². The summed E-state index contributed by atoms with van der Waals surface area (Å²) in [5.41, 5.74) is -0.815. The van der Waals surface area contributed by atoms with E-state index in [-0.39, 0.29) is 23.9 Å². The Bertz CT molecular complexity index is 514. The quantitative estimate of drug-likeness (QED) is 0.287. The number of rotatable bonds is 10. The lowest BCUT2D eigenvalue weighted by Gasteiger charge is -2.30. The molecule has 24 heavy (non-hydrogen) atoms. The van der Waals surface area contributed by atoms with Gasteiger partial charge in [0.1, 0.15) is 6.54 Å². The van der Waals surface area contributed by atoms with Crippen LogP contribution in [0.15, 0.2) is 0 Å². The van der Waals surface area contributed by atoms with Gasteiger partial charge >= 0.3 is 25.9 Å². The zero-order valence-electron chi connectivity index (χ0n) is 13.6. The maximum absolute atomic E-state index is 11.8. The Hall–Kier alpha value is -1.68. The number of phosphoric ester groups is 1. The minimum Gasteiger partial charge on any atom is -0.480 e. The van der Waals surface area contributed by atoms with Crippen LogP contribution in [-0.4, -0.2) is 64.3 Å². The molecule has 0 heterocycles. The van der Waals surface area contributed by atoms with Gasteiger partial charge in [-0.25, -0.2) is 13.9 Å². The molecule has 0 radical (unpaired) electrons. The van der Waals surface area contributed by atoms with Crippen LogP contribution in [0.2, 0.25) is 0 Å². The fourth-order valence-corrected chi connectivity index (χ4v) is 1.95.